The molecule has 3 N–H and O–H groups in total. The summed E-state index contributed by atoms with van der Waals surface area (Å²) >= 11 is 0. The summed E-state index contributed by atoms with van der Waals surface area (Å²) in [5, 5.41) is 29.4. The van der Waals surface area contributed by atoms with Crippen LogP contribution in [0.25, 0.3) is 10.8 Å². The summed E-state index contributed by atoms with van der Waals surface area (Å²) < 4.78 is 0. The molecule has 0 aromatic heterocycles. The summed E-state index contributed by atoms with van der Waals surface area (Å²) in [6.07, 6.45) is 0. The minimum Gasteiger partial charge on any atom is -0.447 e. The van der Waals surface area contributed by atoms with Gasteiger partial charge in [-0.2, -0.15) is 0 Å². The van der Waals surface area contributed by atoms with E-state index in [0.717, 1.165) is 16.2 Å². The Balaban J connectivity index is 2.53. The lowest BCUT2D eigenvalue weighted by Crippen LogP contribution is -2.29. The third-order valence-electron chi connectivity index (χ3n) is 2.67. The summed E-state index contributed by atoms with van der Waals surface area (Å²) in [6.45, 7) is 1.22. The predicted molar refractivity (Wildman–Crippen MR) is 67.2 cm³/mol. The first-order valence-corrected chi connectivity index (χ1v) is 5.16. The normalized spacial score (nSPS) is 10.5. The summed E-state index contributed by atoms with van der Waals surface area (Å²) in [5.74, 6) is 0. The maximum Gasteiger partial charge on any atom is 0.488 e. The van der Waals surface area contributed by atoms with Gasteiger partial charge < -0.3 is 15.1 Å². The number of rotatable bonds is 2. The summed E-state index contributed by atoms with van der Waals surface area (Å²) in [7, 11) is -1.44. The van der Waals surface area contributed by atoms with Crippen LogP contribution < -0.4 is 10.9 Å². The van der Waals surface area contributed by atoms with Crippen molar-refractivity contribution in [1.82, 2.24) is 0 Å². The van der Waals surface area contributed by atoms with E-state index >= 15 is 0 Å². The zero-order valence-electron chi connectivity index (χ0n) is 8.96. The van der Waals surface area contributed by atoms with Gasteiger partial charge in [0.2, 0.25) is 0 Å². The first kappa shape index (κ1) is 11.2. The van der Waals surface area contributed by atoms with Crippen LogP contribution >= 0.6 is 0 Å². The Morgan fingerprint density at radius 1 is 0.812 bits per heavy atom. The molecule has 0 heterocycles. The minimum atomic E-state index is -1.44. The summed E-state index contributed by atoms with van der Waals surface area (Å²) in [5.41, 5.74) is 1.32. The average Bonchev–Trinajstić information content (AvgIpc) is 2.27. The van der Waals surface area contributed by atoms with Crippen molar-refractivity contribution < 1.29 is 15.1 Å². The van der Waals surface area contributed by atoms with Crippen LogP contribution in [0.1, 0.15) is 0 Å². The molecular formula is C11H12B2O3. The van der Waals surface area contributed by atoms with E-state index in [1.165, 1.54) is 0 Å². The van der Waals surface area contributed by atoms with Crippen molar-refractivity contribution in [3.8, 4) is 0 Å². The quantitative estimate of drug-likeness (QED) is 0.581. The first-order chi connectivity index (χ1) is 7.58. The van der Waals surface area contributed by atoms with Crippen LogP contribution in [0.5, 0.6) is 0 Å². The van der Waals surface area contributed by atoms with E-state index in [-0.39, 0.29) is 0 Å². The van der Waals surface area contributed by atoms with Gasteiger partial charge in [0.05, 0.1) is 0 Å². The number of benzene rings is 2. The molecule has 0 aliphatic rings. The third-order valence-corrected chi connectivity index (χ3v) is 2.67. The van der Waals surface area contributed by atoms with E-state index in [4.69, 9.17) is 10.0 Å². The standard InChI is InChI=1S/C11H12B2O3/c1-12(14)10-4-2-9-7-11(13(15)16)5-3-8(9)6-10/h2-7,14-16H,1H3. The van der Waals surface area contributed by atoms with Gasteiger partial charge in [0, 0.05) is 0 Å². The van der Waals surface area contributed by atoms with Crippen molar-refractivity contribution in [2.75, 3.05) is 0 Å². The molecule has 3 nitrogen and oxygen atoms in total. The molecule has 0 fully saturated rings. The van der Waals surface area contributed by atoms with E-state index in [2.05, 4.69) is 0 Å². The summed E-state index contributed by atoms with van der Waals surface area (Å²) in [4.78, 5) is 0. The summed E-state index contributed by atoms with van der Waals surface area (Å²) in [6, 6.07) is 10.8. The molecule has 80 valence electrons. The smallest absolute Gasteiger partial charge is 0.447 e. The largest absolute Gasteiger partial charge is 0.488 e. The fourth-order valence-electron chi connectivity index (χ4n) is 1.70. The van der Waals surface area contributed by atoms with Crippen molar-refractivity contribution in [1.29, 1.82) is 0 Å². The van der Waals surface area contributed by atoms with Gasteiger partial charge in [-0.25, -0.2) is 0 Å². The van der Waals surface area contributed by atoms with E-state index < -0.39 is 14.0 Å². The Morgan fingerprint density at radius 3 is 1.81 bits per heavy atom. The molecule has 0 bridgehead atoms. The molecule has 0 spiro atoms. The topological polar surface area (TPSA) is 60.7 Å². The van der Waals surface area contributed by atoms with Crippen LogP contribution in [-0.2, 0) is 0 Å². The van der Waals surface area contributed by atoms with Crippen LogP contribution in [0, 0.1) is 0 Å². The molecule has 2 aromatic rings. The van der Waals surface area contributed by atoms with Gasteiger partial charge >= 0.3 is 14.0 Å². The third kappa shape index (κ3) is 2.11. The van der Waals surface area contributed by atoms with Crippen LogP contribution in [0.3, 0.4) is 0 Å². The maximum atomic E-state index is 9.45. The second-order valence-electron chi connectivity index (χ2n) is 3.92. The van der Waals surface area contributed by atoms with Crippen LogP contribution in [0.4, 0.5) is 0 Å². The lowest BCUT2D eigenvalue weighted by molar-refractivity contribution is 0.426. The molecule has 16 heavy (non-hydrogen) atoms. The van der Waals surface area contributed by atoms with E-state index in [9.17, 15) is 5.02 Å². The molecule has 0 radical (unpaired) electrons. The lowest BCUT2D eigenvalue weighted by atomic mass is 9.64. The first-order valence-electron chi connectivity index (χ1n) is 5.16. The van der Waals surface area contributed by atoms with Crippen molar-refractivity contribution in [2.24, 2.45) is 0 Å². The molecular weight excluding hydrogens is 202 g/mol. The lowest BCUT2D eigenvalue weighted by Gasteiger charge is -2.05. The molecule has 0 amide bonds. The van der Waals surface area contributed by atoms with E-state index in [0.29, 0.717) is 5.46 Å². The molecule has 2 aromatic carbocycles. The zero-order valence-corrected chi connectivity index (χ0v) is 8.96. The number of fused-ring (bicyclic) bond motifs is 1. The van der Waals surface area contributed by atoms with Gasteiger partial charge in [0.1, 0.15) is 0 Å². The second-order valence-corrected chi connectivity index (χ2v) is 3.92. The Labute approximate surface area is 94.6 Å². The van der Waals surface area contributed by atoms with Crippen molar-refractivity contribution in [3.63, 3.8) is 0 Å². The van der Waals surface area contributed by atoms with Crippen LogP contribution in [0.15, 0.2) is 36.4 Å². The Hall–Kier alpha value is -1.29. The molecule has 0 unspecified atom stereocenters. The Morgan fingerprint density at radius 2 is 1.31 bits per heavy atom. The highest BCUT2D eigenvalue weighted by atomic mass is 16.4. The van der Waals surface area contributed by atoms with Gasteiger partial charge in [0.25, 0.3) is 0 Å². The molecule has 0 aliphatic heterocycles. The highest BCUT2D eigenvalue weighted by Crippen LogP contribution is 2.10. The maximum absolute atomic E-state index is 9.45. The SMILES string of the molecule is CB(O)c1ccc2cc(B(O)O)ccc2c1. The average molecular weight is 214 g/mol. The van der Waals surface area contributed by atoms with Crippen molar-refractivity contribution in [3.05, 3.63) is 36.4 Å². The Bertz CT molecular complexity index is 464. The van der Waals surface area contributed by atoms with E-state index in [1.54, 1.807) is 19.0 Å². The second kappa shape index (κ2) is 4.29. The van der Waals surface area contributed by atoms with Crippen LogP contribution in [0.2, 0.25) is 6.82 Å². The van der Waals surface area contributed by atoms with Gasteiger partial charge in [-0.1, -0.05) is 43.2 Å². The molecule has 2 rings (SSSR count). The van der Waals surface area contributed by atoms with Gasteiger partial charge in [-0.15, -0.1) is 0 Å². The molecule has 0 atom stereocenters. The number of hydrogen-bond donors (Lipinski definition) is 3. The molecule has 0 aliphatic carbocycles. The van der Waals surface area contributed by atoms with Crippen molar-refractivity contribution >= 4 is 35.7 Å². The van der Waals surface area contributed by atoms with Crippen molar-refractivity contribution in [2.45, 2.75) is 6.82 Å². The Kier molecular flexibility index (Phi) is 3.01. The zero-order chi connectivity index (χ0) is 11.7. The molecule has 0 saturated carbocycles. The predicted octanol–water partition coefficient (Wildman–Crippen LogP) is -0.660. The minimum absolute atomic E-state index is 0.470. The molecule has 5 heteroatoms. The van der Waals surface area contributed by atoms with Gasteiger partial charge in [-0.05, 0) is 21.7 Å². The molecule has 0 saturated heterocycles. The highest BCUT2D eigenvalue weighted by Gasteiger charge is 2.12. The van der Waals surface area contributed by atoms with Crippen LogP contribution in [-0.4, -0.2) is 29.1 Å². The number of hydrogen-bond acceptors (Lipinski definition) is 3. The fourth-order valence-corrected chi connectivity index (χ4v) is 1.70. The van der Waals surface area contributed by atoms with E-state index in [1.807, 2.05) is 24.3 Å². The highest BCUT2D eigenvalue weighted by molar-refractivity contribution is 6.65. The monoisotopic (exact) mass is 214 g/mol. The van der Waals surface area contributed by atoms with Gasteiger partial charge in [0.15, 0.2) is 0 Å². The van der Waals surface area contributed by atoms with Gasteiger partial charge in [-0.3, -0.25) is 0 Å². The fraction of sp³-hybridized carbons (Fsp3) is 0.0909.